The van der Waals surface area contributed by atoms with Crippen molar-refractivity contribution in [3.05, 3.63) is 29.8 Å². The fraction of sp³-hybridized carbons (Fsp3) is 0.273. The van der Waals surface area contributed by atoms with Gasteiger partial charge in [0.15, 0.2) is 0 Å². The number of methoxy groups -OCH3 is 2. The molecule has 1 radical (unpaired) electrons. The Balaban J connectivity index is 3.12. The van der Waals surface area contributed by atoms with E-state index in [1.165, 1.54) is 6.08 Å². The van der Waals surface area contributed by atoms with Crippen LogP contribution >= 0.6 is 0 Å². The molecule has 0 heterocycles. The minimum absolute atomic E-state index is 0.249. The van der Waals surface area contributed by atoms with Gasteiger partial charge < -0.3 is 9.47 Å². The van der Waals surface area contributed by atoms with Crippen molar-refractivity contribution in [3.63, 3.8) is 0 Å². The molecule has 1 aromatic carbocycles. The Morgan fingerprint density at radius 3 is 2.21 bits per heavy atom. The molecule has 0 amide bonds. The molecule has 0 aliphatic rings. The molecule has 0 aliphatic heterocycles. The van der Waals surface area contributed by atoms with E-state index < -0.39 is 0 Å². The lowest BCUT2D eigenvalue weighted by atomic mass is 10.1. The fourth-order valence-electron chi connectivity index (χ4n) is 1.21. The van der Waals surface area contributed by atoms with E-state index in [2.05, 4.69) is 0 Å². The normalized spacial score (nSPS) is 10.5. The van der Waals surface area contributed by atoms with Gasteiger partial charge in [0.1, 0.15) is 18.1 Å². The summed E-state index contributed by atoms with van der Waals surface area (Å²) < 4.78 is 10.3. The first kappa shape index (κ1) is 10.6. The number of hydrogen-bond donors (Lipinski definition) is 0. The van der Waals surface area contributed by atoms with E-state index in [0.29, 0.717) is 11.5 Å². The molecule has 3 nitrogen and oxygen atoms in total. The van der Waals surface area contributed by atoms with Gasteiger partial charge >= 0.3 is 0 Å². The van der Waals surface area contributed by atoms with Gasteiger partial charge in [-0.2, -0.15) is 0 Å². The lowest BCUT2D eigenvalue weighted by Gasteiger charge is -2.09. The summed E-state index contributed by atoms with van der Waals surface area (Å²) in [6, 6.07) is 5.49. The van der Waals surface area contributed by atoms with Crippen LogP contribution in [0.4, 0.5) is 0 Å². The largest absolute Gasteiger partial charge is 0.496 e. The minimum Gasteiger partial charge on any atom is -0.496 e. The third kappa shape index (κ3) is 2.26. The van der Waals surface area contributed by atoms with E-state index in [1.807, 2.05) is 18.2 Å². The SMILES string of the molecule is COc1cccc(OC)c1C=CC[O]. The Morgan fingerprint density at radius 1 is 1.21 bits per heavy atom. The van der Waals surface area contributed by atoms with Gasteiger partial charge in [-0.15, -0.1) is 0 Å². The molecule has 3 heteroatoms. The first-order chi connectivity index (χ1) is 6.83. The topological polar surface area (TPSA) is 38.4 Å². The summed E-state index contributed by atoms with van der Waals surface area (Å²) in [5, 5.41) is 10.3. The molecule has 0 aromatic heterocycles. The van der Waals surface area contributed by atoms with Crippen molar-refractivity contribution >= 4 is 6.08 Å². The fourth-order valence-corrected chi connectivity index (χ4v) is 1.21. The van der Waals surface area contributed by atoms with E-state index in [1.54, 1.807) is 20.3 Å². The van der Waals surface area contributed by atoms with Crippen LogP contribution in [0.1, 0.15) is 5.56 Å². The molecule has 14 heavy (non-hydrogen) atoms. The van der Waals surface area contributed by atoms with Gasteiger partial charge in [0.25, 0.3) is 0 Å². The Bertz CT molecular complexity index is 296. The predicted molar refractivity (Wildman–Crippen MR) is 54.1 cm³/mol. The molecular formula is C11H13O3. The second-order valence-corrected chi connectivity index (χ2v) is 2.65. The quantitative estimate of drug-likeness (QED) is 0.734. The Morgan fingerprint density at radius 2 is 1.79 bits per heavy atom. The number of ether oxygens (including phenoxy) is 2. The maximum Gasteiger partial charge on any atom is 0.129 e. The molecule has 0 fully saturated rings. The van der Waals surface area contributed by atoms with Crippen LogP contribution in [0.5, 0.6) is 11.5 Å². The summed E-state index contributed by atoms with van der Waals surface area (Å²) in [5.74, 6) is 1.41. The number of benzene rings is 1. The van der Waals surface area contributed by atoms with Crippen LogP contribution in [0.3, 0.4) is 0 Å². The Kier molecular flexibility index (Phi) is 4.01. The van der Waals surface area contributed by atoms with E-state index in [0.717, 1.165) is 5.56 Å². The summed E-state index contributed by atoms with van der Waals surface area (Å²) in [6.45, 7) is -0.249. The summed E-state index contributed by atoms with van der Waals surface area (Å²) in [4.78, 5) is 0. The molecule has 0 bridgehead atoms. The highest BCUT2D eigenvalue weighted by atomic mass is 16.5. The Labute approximate surface area is 83.6 Å². The zero-order valence-corrected chi connectivity index (χ0v) is 8.32. The van der Waals surface area contributed by atoms with Crippen molar-refractivity contribution in [2.75, 3.05) is 20.8 Å². The highest BCUT2D eigenvalue weighted by Crippen LogP contribution is 2.29. The van der Waals surface area contributed by atoms with Crippen LogP contribution in [0.2, 0.25) is 0 Å². The number of rotatable bonds is 4. The van der Waals surface area contributed by atoms with Crippen LogP contribution in [0.25, 0.3) is 6.08 Å². The van der Waals surface area contributed by atoms with Gasteiger partial charge in [-0.1, -0.05) is 12.1 Å². The highest BCUT2D eigenvalue weighted by Gasteiger charge is 2.05. The second kappa shape index (κ2) is 5.29. The lowest BCUT2D eigenvalue weighted by molar-refractivity contribution is 0.233. The summed E-state index contributed by atoms with van der Waals surface area (Å²) >= 11 is 0. The average Bonchev–Trinajstić information content (AvgIpc) is 2.25. The Hall–Kier alpha value is -1.48. The maximum absolute atomic E-state index is 10.3. The first-order valence-electron chi connectivity index (χ1n) is 4.29. The minimum atomic E-state index is -0.249. The molecule has 1 aromatic rings. The van der Waals surface area contributed by atoms with E-state index >= 15 is 0 Å². The van der Waals surface area contributed by atoms with Gasteiger partial charge in [0.2, 0.25) is 0 Å². The average molecular weight is 193 g/mol. The third-order valence-corrected chi connectivity index (χ3v) is 1.85. The van der Waals surface area contributed by atoms with E-state index in [-0.39, 0.29) is 6.61 Å². The monoisotopic (exact) mass is 193 g/mol. The van der Waals surface area contributed by atoms with Crippen molar-refractivity contribution < 1.29 is 14.6 Å². The lowest BCUT2D eigenvalue weighted by Crippen LogP contribution is -1.91. The zero-order chi connectivity index (χ0) is 10.4. The van der Waals surface area contributed by atoms with Crippen molar-refractivity contribution in [2.24, 2.45) is 0 Å². The van der Waals surface area contributed by atoms with Crippen molar-refractivity contribution in [1.29, 1.82) is 0 Å². The summed E-state index contributed by atoms with van der Waals surface area (Å²) in [6.07, 6.45) is 3.24. The maximum atomic E-state index is 10.3. The standard InChI is InChI=1S/C11H13O3/c1-13-10-6-3-7-11(14-2)9(10)5-4-8-12/h3-7H,8H2,1-2H3. The van der Waals surface area contributed by atoms with Gasteiger partial charge in [-0.25, -0.2) is 5.11 Å². The van der Waals surface area contributed by atoms with Gasteiger partial charge in [0.05, 0.1) is 19.8 Å². The molecule has 0 N–H and O–H groups in total. The van der Waals surface area contributed by atoms with Crippen molar-refractivity contribution in [2.45, 2.75) is 0 Å². The highest BCUT2D eigenvalue weighted by molar-refractivity contribution is 5.64. The van der Waals surface area contributed by atoms with Crippen molar-refractivity contribution in [1.82, 2.24) is 0 Å². The summed E-state index contributed by atoms with van der Waals surface area (Å²) in [5.41, 5.74) is 0.799. The van der Waals surface area contributed by atoms with Crippen LogP contribution in [0, 0.1) is 0 Å². The smallest absolute Gasteiger partial charge is 0.129 e. The summed E-state index contributed by atoms with van der Waals surface area (Å²) in [7, 11) is 3.17. The molecule has 0 spiro atoms. The first-order valence-corrected chi connectivity index (χ1v) is 4.29. The molecule has 75 valence electrons. The van der Waals surface area contributed by atoms with Crippen LogP contribution in [-0.2, 0) is 5.11 Å². The zero-order valence-electron chi connectivity index (χ0n) is 8.32. The molecule has 0 atom stereocenters. The van der Waals surface area contributed by atoms with Gasteiger partial charge in [0, 0.05) is 0 Å². The van der Waals surface area contributed by atoms with Gasteiger partial charge in [-0.3, -0.25) is 0 Å². The van der Waals surface area contributed by atoms with Crippen molar-refractivity contribution in [3.8, 4) is 11.5 Å². The molecule has 0 aliphatic carbocycles. The molecule has 0 saturated heterocycles. The number of hydrogen-bond acceptors (Lipinski definition) is 2. The molecule has 0 saturated carbocycles. The molecular weight excluding hydrogens is 180 g/mol. The third-order valence-electron chi connectivity index (χ3n) is 1.85. The van der Waals surface area contributed by atoms with Crippen LogP contribution in [-0.4, -0.2) is 20.8 Å². The van der Waals surface area contributed by atoms with Gasteiger partial charge in [-0.05, 0) is 18.2 Å². The molecule has 0 unspecified atom stereocenters. The second-order valence-electron chi connectivity index (χ2n) is 2.65. The van der Waals surface area contributed by atoms with E-state index in [9.17, 15) is 5.11 Å². The van der Waals surface area contributed by atoms with E-state index in [4.69, 9.17) is 9.47 Å². The molecule has 1 rings (SSSR count). The van der Waals surface area contributed by atoms with Crippen LogP contribution < -0.4 is 9.47 Å². The predicted octanol–water partition coefficient (Wildman–Crippen LogP) is 2.15. The van der Waals surface area contributed by atoms with Crippen LogP contribution in [0.15, 0.2) is 24.3 Å².